The number of carboxylic acid groups (broad SMARTS) is 1. The van der Waals surface area contributed by atoms with E-state index in [1.54, 1.807) is 16.8 Å². The van der Waals surface area contributed by atoms with Crippen LogP contribution in [0.4, 0.5) is 10.5 Å². The van der Waals surface area contributed by atoms with E-state index in [2.05, 4.69) is 37.1 Å². The summed E-state index contributed by atoms with van der Waals surface area (Å²) in [5.74, 6) is -1.32. The minimum atomic E-state index is -4.39. The number of amides is 4. The van der Waals surface area contributed by atoms with Crippen molar-refractivity contribution < 1.29 is 82.4 Å². The zero-order chi connectivity index (χ0) is 47.5. The van der Waals surface area contributed by atoms with Crippen LogP contribution in [0.1, 0.15) is 57.6 Å². The smallest absolute Gasteiger partial charge is 0.325 e. The highest BCUT2D eigenvalue weighted by molar-refractivity contribution is 7.51. The van der Waals surface area contributed by atoms with Gasteiger partial charge in [0.25, 0.3) is 0 Å². The number of nitrogens with zero attached hydrogens (tertiary/aromatic N) is 3. The standard InChI is InChI=1S/C39H65N8O17P/c1-27(48)43-45-31(37(54)40-15-18-60-20-22-62-24-23-61-21-19-59-17-12-33(49)50)7-3-5-16-47-26-29(44-46-47)6-2-4-14-41-39(55)42-28-8-10-30(11-9-28)63-38-36(53)35(52)34(51)32(64-38)13-25-65(56,57)58/h8-11,26,31-32,34-36,38,45,51-53H,2-7,12-25H2,1H3,(H,40,54)(H,43,48)(H,49,50)(H2,41,42,55)(H2,56,57,58)/t31-,32+,34+,35-,36-,38-/m0/s1. The van der Waals surface area contributed by atoms with E-state index in [4.69, 9.17) is 43.3 Å². The molecule has 6 atom stereocenters. The van der Waals surface area contributed by atoms with Gasteiger partial charge < -0.3 is 74.6 Å². The Morgan fingerprint density at radius 1 is 0.831 bits per heavy atom. The number of benzene rings is 1. The molecule has 0 spiro atoms. The monoisotopic (exact) mass is 948 g/mol. The SMILES string of the molecule is CC(=O)NN[C@@H](CCCCn1cc(CCCCNC(=O)Nc2ccc(O[C@H]3O[C@H](CCP(=O)(O)O)[C@@H](O)[C@H](O)[C@@H]3O)cc2)nn1)C(=O)NCCOCCOCCOCCOCCC(=O)O. The van der Waals surface area contributed by atoms with Crippen LogP contribution in [0.25, 0.3) is 0 Å². The number of urea groups is 1. The number of hydrogen-bond donors (Lipinski definition) is 11. The summed E-state index contributed by atoms with van der Waals surface area (Å²) >= 11 is 0. The Labute approximate surface area is 376 Å². The number of nitrogens with one attached hydrogen (secondary N) is 5. The molecule has 0 radical (unpaired) electrons. The van der Waals surface area contributed by atoms with E-state index < -0.39 is 62.5 Å². The Bertz CT molecular complexity index is 1740. The van der Waals surface area contributed by atoms with Crippen molar-refractivity contribution in [1.29, 1.82) is 0 Å². The van der Waals surface area contributed by atoms with E-state index in [0.29, 0.717) is 90.5 Å². The lowest BCUT2D eigenvalue weighted by Gasteiger charge is -2.40. The van der Waals surface area contributed by atoms with E-state index in [9.17, 15) is 39.1 Å². The van der Waals surface area contributed by atoms with Gasteiger partial charge in [-0.3, -0.25) is 29.1 Å². The summed E-state index contributed by atoms with van der Waals surface area (Å²) in [6.07, 6.45) is -2.69. The molecule has 368 valence electrons. The Hall–Kier alpha value is -4.37. The first kappa shape index (κ1) is 55.0. The van der Waals surface area contributed by atoms with Gasteiger partial charge in [0.15, 0.2) is 0 Å². The Balaban J connectivity index is 1.23. The van der Waals surface area contributed by atoms with Crippen LogP contribution >= 0.6 is 7.60 Å². The average molecular weight is 949 g/mol. The normalized spacial score (nSPS) is 19.0. The Morgan fingerprint density at radius 3 is 2.14 bits per heavy atom. The van der Waals surface area contributed by atoms with Crippen molar-refractivity contribution in [2.24, 2.45) is 0 Å². The molecule has 1 aliphatic heterocycles. The number of rotatable bonds is 34. The van der Waals surface area contributed by atoms with Gasteiger partial charge in [0, 0.05) is 38.4 Å². The van der Waals surface area contributed by atoms with Gasteiger partial charge in [-0.2, -0.15) is 0 Å². The van der Waals surface area contributed by atoms with Gasteiger partial charge in [-0.1, -0.05) is 5.21 Å². The molecule has 4 amide bonds. The third-order valence-corrected chi connectivity index (χ3v) is 10.3. The number of unbranched alkanes of at least 4 members (excludes halogenated alkanes) is 2. The first-order chi connectivity index (χ1) is 31.1. The van der Waals surface area contributed by atoms with Gasteiger partial charge in [-0.15, -0.1) is 5.10 Å². The van der Waals surface area contributed by atoms with Crippen molar-refractivity contribution in [2.45, 2.75) is 102 Å². The highest BCUT2D eigenvalue weighted by Crippen LogP contribution is 2.37. The minimum absolute atomic E-state index is 0.0488. The number of carbonyl (C=O) groups excluding carboxylic acids is 3. The molecule has 0 saturated carbocycles. The van der Waals surface area contributed by atoms with E-state index >= 15 is 0 Å². The van der Waals surface area contributed by atoms with Gasteiger partial charge in [0.2, 0.25) is 18.1 Å². The van der Waals surface area contributed by atoms with E-state index in [1.807, 2.05) is 6.20 Å². The van der Waals surface area contributed by atoms with Crippen LogP contribution in [0.3, 0.4) is 0 Å². The van der Waals surface area contributed by atoms with Crippen LogP contribution in [0.5, 0.6) is 5.75 Å². The maximum atomic E-state index is 12.8. The highest BCUT2D eigenvalue weighted by atomic mass is 31.2. The molecule has 0 unspecified atom stereocenters. The van der Waals surface area contributed by atoms with Crippen LogP contribution in [-0.4, -0.2) is 178 Å². The van der Waals surface area contributed by atoms with Crippen molar-refractivity contribution in [3.05, 3.63) is 36.2 Å². The number of carboxylic acids is 1. The fourth-order valence-electron chi connectivity index (χ4n) is 6.04. The number of carbonyl (C=O) groups is 4. The zero-order valence-electron chi connectivity index (χ0n) is 36.5. The Morgan fingerprint density at radius 2 is 1.49 bits per heavy atom. The first-order valence-electron chi connectivity index (χ1n) is 21.4. The largest absolute Gasteiger partial charge is 0.481 e. The molecule has 1 aromatic heterocycles. The van der Waals surface area contributed by atoms with E-state index in [-0.39, 0.29) is 50.2 Å². The number of aliphatic hydroxyl groups excluding tert-OH is 3. The topological polar surface area (TPSA) is 353 Å². The van der Waals surface area contributed by atoms with Crippen molar-refractivity contribution in [3.63, 3.8) is 0 Å². The molecular formula is C39H65N8O17P. The number of aryl methyl sites for hydroxylation is 2. The highest BCUT2D eigenvalue weighted by Gasteiger charge is 2.45. The van der Waals surface area contributed by atoms with Crippen LogP contribution in [0.2, 0.25) is 0 Å². The van der Waals surface area contributed by atoms with Gasteiger partial charge in [-0.05, 0) is 69.2 Å². The first-order valence-corrected chi connectivity index (χ1v) is 23.2. The lowest BCUT2D eigenvalue weighted by molar-refractivity contribution is -0.272. The van der Waals surface area contributed by atoms with E-state index in [0.717, 1.165) is 12.1 Å². The molecule has 2 heterocycles. The summed E-state index contributed by atoms with van der Waals surface area (Å²) in [6.45, 7) is 5.04. The number of hydrazine groups is 1. The quantitative estimate of drug-likeness (QED) is 0.0228. The lowest BCUT2D eigenvalue weighted by atomic mass is 9.97. The summed E-state index contributed by atoms with van der Waals surface area (Å²) in [7, 11) is -4.39. The molecule has 65 heavy (non-hydrogen) atoms. The fourth-order valence-corrected chi connectivity index (χ4v) is 6.63. The molecule has 11 N–H and O–H groups in total. The summed E-state index contributed by atoms with van der Waals surface area (Å²) in [5, 5.41) is 55.9. The van der Waals surface area contributed by atoms with Crippen molar-refractivity contribution in [2.75, 3.05) is 77.4 Å². The molecule has 2 aromatic rings. The van der Waals surface area contributed by atoms with Crippen LogP contribution in [0, 0.1) is 0 Å². The molecule has 25 nitrogen and oxygen atoms in total. The van der Waals surface area contributed by atoms with Gasteiger partial charge >= 0.3 is 19.6 Å². The molecule has 1 fully saturated rings. The molecule has 1 saturated heterocycles. The van der Waals surface area contributed by atoms with Crippen molar-refractivity contribution >= 4 is 37.1 Å². The molecule has 1 aromatic carbocycles. The van der Waals surface area contributed by atoms with E-state index in [1.165, 1.54) is 19.1 Å². The average Bonchev–Trinajstić information content (AvgIpc) is 3.71. The van der Waals surface area contributed by atoms with Crippen LogP contribution < -0.4 is 31.5 Å². The Kier molecular flexibility index (Phi) is 26.0. The second-order valence-corrected chi connectivity index (χ2v) is 16.7. The number of aliphatic hydroxyl groups is 3. The van der Waals surface area contributed by atoms with Crippen molar-refractivity contribution in [3.8, 4) is 5.75 Å². The maximum absolute atomic E-state index is 12.8. The second-order valence-electron chi connectivity index (χ2n) is 14.9. The maximum Gasteiger partial charge on any atom is 0.325 e. The van der Waals surface area contributed by atoms with Gasteiger partial charge in [0.1, 0.15) is 30.1 Å². The third kappa shape index (κ3) is 24.1. The van der Waals surface area contributed by atoms with Crippen LogP contribution in [0.15, 0.2) is 30.5 Å². The predicted octanol–water partition coefficient (Wildman–Crippen LogP) is -0.986. The summed E-state index contributed by atoms with van der Waals surface area (Å²) in [4.78, 5) is 65.5. The number of anilines is 1. The number of aromatic nitrogens is 3. The van der Waals surface area contributed by atoms with Gasteiger partial charge in [0.05, 0.1) is 77.2 Å². The second kappa shape index (κ2) is 30.8. The fraction of sp³-hybridized carbons (Fsp3) is 0.692. The summed E-state index contributed by atoms with van der Waals surface area (Å²) in [5.41, 5.74) is 6.50. The summed E-state index contributed by atoms with van der Waals surface area (Å²) in [6, 6.07) is 4.96. The zero-order valence-corrected chi connectivity index (χ0v) is 37.4. The summed E-state index contributed by atoms with van der Waals surface area (Å²) < 4.78 is 45.5. The minimum Gasteiger partial charge on any atom is -0.481 e. The lowest BCUT2D eigenvalue weighted by Crippen LogP contribution is -2.59. The van der Waals surface area contributed by atoms with Crippen molar-refractivity contribution in [1.82, 2.24) is 36.5 Å². The molecule has 26 heteroatoms. The number of aliphatic carboxylic acids is 1. The van der Waals surface area contributed by atoms with Gasteiger partial charge in [-0.25, -0.2) is 10.2 Å². The number of hydrogen-bond acceptors (Lipinski definition) is 17. The molecular weight excluding hydrogens is 883 g/mol. The molecule has 0 aliphatic carbocycles. The third-order valence-electron chi connectivity index (χ3n) is 9.46. The molecule has 0 bridgehead atoms. The molecule has 3 rings (SSSR count). The molecule has 1 aliphatic rings. The predicted molar refractivity (Wildman–Crippen MR) is 228 cm³/mol. The number of ether oxygens (including phenoxy) is 6. The van der Waals surface area contributed by atoms with Crippen LogP contribution in [-0.2, 0) is 55.6 Å².